The Morgan fingerprint density at radius 2 is 1.22 bits per heavy atom. The van der Waals surface area contributed by atoms with E-state index in [-0.39, 0.29) is 43.4 Å². The van der Waals surface area contributed by atoms with Crippen LogP contribution in [0.1, 0.15) is 73.2 Å². The number of carbonyl (C=O) groups excluding carboxylic acids is 5. The number of hydrogen-bond acceptors (Lipinski definition) is 10. The van der Waals surface area contributed by atoms with Gasteiger partial charge in [-0.3, -0.25) is 9.59 Å². The average molecular weight is 870 g/mol. The van der Waals surface area contributed by atoms with E-state index in [2.05, 4.69) is 42.4 Å². The molecule has 5 amide bonds. The summed E-state index contributed by atoms with van der Waals surface area (Å²) in [5.74, 6) is 6.83. The maximum atomic E-state index is 13.9. The van der Waals surface area contributed by atoms with Crippen molar-refractivity contribution in [3.8, 4) is 34.4 Å². The van der Waals surface area contributed by atoms with E-state index in [9.17, 15) is 24.0 Å². The summed E-state index contributed by atoms with van der Waals surface area (Å²) in [7, 11) is 3.82. The van der Waals surface area contributed by atoms with E-state index >= 15 is 0 Å². The molecule has 332 valence electrons. The molecule has 3 aromatic carbocycles. The zero-order valence-electron chi connectivity index (χ0n) is 36.3. The number of aromatic nitrogens is 4. The topological polar surface area (TPSA) is 204 Å². The first-order chi connectivity index (χ1) is 31.0. The van der Waals surface area contributed by atoms with E-state index in [0.717, 1.165) is 40.8 Å². The number of likely N-dealkylation sites (tertiary alicyclic amines) is 1. The molecule has 4 atom stereocenters. The molecule has 2 saturated heterocycles. The van der Waals surface area contributed by atoms with Crippen molar-refractivity contribution in [2.75, 3.05) is 47.5 Å². The number of rotatable bonds is 10. The number of carbonyl (C=O) groups is 5. The van der Waals surface area contributed by atoms with Gasteiger partial charge in [-0.25, -0.2) is 24.4 Å². The van der Waals surface area contributed by atoms with Gasteiger partial charge >= 0.3 is 18.3 Å². The summed E-state index contributed by atoms with van der Waals surface area (Å²) in [5.41, 5.74) is 5.55. The summed E-state index contributed by atoms with van der Waals surface area (Å²) >= 11 is 0. The molecule has 5 aromatic rings. The van der Waals surface area contributed by atoms with Gasteiger partial charge in [-0.2, -0.15) is 0 Å². The third-order valence-corrected chi connectivity index (χ3v) is 11.4. The standard InChI is InChI=1S/C47H51N9O8/c1-29(2)39(52-45(59)62-3)43(57)56-25-24-54(47(61)64-5)28-38(56)42-49-27-36(51-42)33-21-17-31(18-22-33)14-13-30-15-19-32(20-16-30)35-26-48-41(50-35)37-12-9-23-55(37)44(58)40(53-46(60)63-4)34-10-7-6-8-11-34/h6-8,10-11,15-22,26-27,29,37-40H,9,12,23-25,28H2,1-5H3,(H,48,50)(H,49,51)(H,52,59)(H,53,60). The summed E-state index contributed by atoms with van der Waals surface area (Å²) < 4.78 is 14.6. The molecular formula is C47H51N9O8. The van der Waals surface area contributed by atoms with Crippen molar-refractivity contribution in [2.24, 2.45) is 5.92 Å². The minimum atomic E-state index is -0.898. The largest absolute Gasteiger partial charge is 0.453 e. The highest BCUT2D eigenvalue weighted by atomic mass is 16.5. The third kappa shape index (κ3) is 10.0. The predicted octanol–water partition coefficient (Wildman–Crippen LogP) is 5.96. The van der Waals surface area contributed by atoms with Gasteiger partial charge in [-0.15, -0.1) is 0 Å². The maximum absolute atomic E-state index is 13.9. The zero-order valence-corrected chi connectivity index (χ0v) is 36.3. The average Bonchev–Trinajstić information content (AvgIpc) is 4.14. The van der Waals surface area contributed by atoms with Gasteiger partial charge in [0.05, 0.1) is 57.7 Å². The van der Waals surface area contributed by atoms with Crippen molar-refractivity contribution < 1.29 is 38.2 Å². The molecule has 4 unspecified atom stereocenters. The number of benzene rings is 3. The molecule has 2 aliphatic heterocycles. The van der Waals surface area contributed by atoms with Crippen molar-refractivity contribution in [1.82, 2.24) is 45.3 Å². The molecule has 64 heavy (non-hydrogen) atoms. The molecule has 7 rings (SSSR count). The highest BCUT2D eigenvalue weighted by molar-refractivity contribution is 5.88. The second-order valence-corrected chi connectivity index (χ2v) is 15.8. The molecule has 4 N–H and O–H groups in total. The second-order valence-electron chi connectivity index (χ2n) is 15.8. The Labute approximate surface area is 370 Å². The van der Waals surface area contributed by atoms with Crippen LogP contribution in [0.3, 0.4) is 0 Å². The SMILES string of the molecule is COC(=O)NC(C(=O)N1CCCC1c1ncc(-c2ccc(C#Cc3ccc(-c4cnc(C5CN(C(=O)OC)CCN5C(=O)C(NC(=O)OC)C(C)C)[nH]4)cc3)cc2)[nH]1)c1ccccc1. The Balaban J connectivity index is 1.01. The van der Waals surface area contributed by atoms with E-state index in [0.29, 0.717) is 29.5 Å². The Bertz CT molecular complexity index is 2510. The minimum absolute atomic E-state index is 0.142. The highest BCUT2D eigenvalue weighted by Gasteiger charge is 2.40. The van der Waals surface area contributed by atoms with Crippen molar-refractivity contribution >= 4 is 30.1 Å². The summed E-state index contributed by atoms with van der Waals surface area (Å²) in [4.78, 5) is 85.6. The van der Waals surface area contributed by atoms with Crippen LogP contribution in [0.25, 0.3) is 22.5 Å². The van der Waals surface area contributed by atoms with Crippen molar-refractivity contribution in [2.45, 2.75) is 50.9 Å². The van der Waals surface area contributed by atoms with Crippen LogP contribution in [0.5, 0.6) is 0 Å². The van der Waals surface area contributed by atoms with Gasteiger partial charge in [0.1, 0.15) is 29.8 Å². The Morgan fingerprint density at radius 1 is 0.672 bits per heavy atom. The predicted molar refractivity (Wildman–Crippen MR) is 235 cm³/mol. The molecule has 2 fully saturated rings. The lowest BCUT2D eigenvalue weighted by Gasteiger charge is -2.41. The van der Waals surface area contributed by atoms with Gasteiger partial charge in [0, 0.05) is 30.8 Å². The van der Waals surface area contributed by atoms with Gasteiger partial charge in [-0.05, 0) is 59.7 Å². The van der Waals surface area contributed by atoms with Crippen molar-refractivity contribution in [3.63, 3.8) is 0 Å². The second kappa shape index (κ2) is 20.1. The van der Waals surface area contributed by atoms with Gasteiger partial charge in [0.25, 0.3) is 5.91 Å². The van der Waals surface area contributed by atoms with Crippen LogP contribution in [0.2, 0.25) is 0 Å². The molecule has 0 saturated carbocycles. The molecule has 0 spiro atoms. The quantitative estimate of drug-likeness (QED) is 0.0958. The number of aromatic amines is 2. The van der Waals surface area contributed by atoms with Crippen molar-refractivity contribution in [1.29, 1.82) is 0 Å². The van der Waals surface area contributed by atoms with Crippen LogP contribution in [-0.4, -0.2) is 118 Å². The number of piperazine rings is 1. The van der Waals surface area contributed by atoms with Crippen LogP contribution in [0.4, 0.5) is 14.4 Å². The van der Waals surface area contributed by atoms with Gasteiger partial charge in [0.2, 0.25) is 5.91 Å². The zero-order chi connectivity index (χ0) is 45.3. The van der Waals surface area contributed by atoms with Crippen LogP contribution >= 0.6 is 0 Å². The lowest BCUT2D eigenvalue weighted by atomic mass is 10.0. The van der Waals surface area contributed by atoms with Gasteiger partial charge < -0.3 is 49.5 Å². The summed E-state index contributed by atoms with van der Waals surface area (Å²) in [6.45, 7) is 4.81. The number of nitrogens with zero attached hydrogens (tertiary/aromatic N) is 5. The summed E-state index contributed by atoms with van der Waals surface area (Å²) in [5, 5.41) is 5.34. The first-order valence-corrected chi connectivity index (χ1v) is 21.0. The summed E-state index contributed by atoms with van der Waals surface area (Å²) in [6, 6.07) is 21.9. The van der Waals surface area contributed by atoms with E-state index < -0.39 is 36.4 Å². The first kappa shape index (κ1) is 44.4. The highest BCUT2D eigenvalue weighted by Crippen LogP contribution is 2.34. The van der Waals surface area contributed by atoms with Crippen LogP contribution in [0.15, 0.2) is 91.3 Å². The maximum Gasteiger partial charge on any atom is 0.409 e. The molecule has 0 aliphatic carbocycles. The number of ether oxygens (including phenoxy) is 3. The van der Waals surface area contributed by atoms with Gasteiger partial charge in [-0.1, -0.05) is 80.3 Å². The number of hydrogen-bond donors (Lipinski definition) is 4. The molecule has 2 aliphatic rings. The Morgan fingerprint density at radius 3 is 1.77 bits per heavy atom. The number of methoxy groups -OCH3 is 3. The lowest BCUT2D eigenvalue weighted by molar-refractivity contribution is -0.139. The molecule has 17 heteroatoms. The normalized spacial score (nSPS) is 16.9. The monoisotopic (exact) mass is 869 g/mol. The molecular weight excluding hydrogens is 819 g/mol. The van der Waals surface area contributed by atoms with E-state index in [1.165, 1.54) is 26.2 Å². The molecule has 0 radical (unpaired) electrons. The van der Waals surface area contributed by atoms with E-state index in [1.807, 2.05) is 80.6 Å². The lowest BCUT2D eigenvalue weighted by Crippen LogP contribution is -2.58. The fourth-order valence-electron chi connectivity index (χ4n) is 7.96. The molecule has 0 bridgehead atoms. The number of alkyl carbamates (subject to hydrolysis) is 2. The number of H-pyrrole nitrogens is 2. The minimum Gasteiger partial charge on any atom is -0.453 e. The Hall–Kier alpha value is -7.61. The van der Waals surface area contributed by atoms with Crippen LogP contribution < -0.4 is 10.6 Å². The third-order valence-electron chi connectivity index (χ3n) is 11.4. The summed E-state index contributed by atoms with van der Waals surface area (Å²) in [6.07, 6.45) is 3.07. The molecule has 4 heterocycles. The van der Waals surface area contributed by atoms with E-state index in [1.54, 1.807) is 34.3 Å². The van der Waals surface area contributed by atoms with Crippen LogP contribution in [-0.2, 0) is 23.8 Å². The molecule has 2 aromatic heterocycles. The fraction of sp³-hybridized carbons (Fsp3) is 0.340. The fourth-order valence-corrected chi connectivity index (χ4v) is 7.96. The first-order valence-electron chi connectivity index (χ1n) is 21.0. The number of imidazole rings is 2. The number of nitrogens with one attached hydrogen (secondary N) is 4. The smallest absolute Gasteiger partial charge is 0.409 e. The van der Waals surface area contributed by atoms with Gasteiger partial charge in [0.15, 0.2) is 0 Å². The molecule has 17 nitrogen and oxygen atoms in total. The van der Waals surface area contributed by atoms with Crippen LogP contribution in [0, 0.1) is 17.8 Å². The Kier molecular flexibility index (Phi) is 13.9. The van der Waals surface area contributed by atoms with E-state index in [4.69, 9.17) is 14.2 Å². The van der Waals surface area contributed by atoms with Crippen molar-refractivity contribution in [3.05, 3.63) is 120 Å². The number of amides is 5.